The van der Waals surface area contributed by atoms with Crippen LogP contribution >= 0.6 is 0 Å². The number of anilines is 1. The van der Waals surface area contributed by atoms with Gasteiger partial charge in [0, 0.05) is 32.9 Å². The second kappa shape index (κ2) is 7.01. The molecule has 1 unspecified atom stereocenters. The van der Waals surface area contributed by atoms with Crippen molar-refractivity contribution in [3.63, 3.8) is 0 Å². The maximum Gasteiger partial charge on any atom is 0.211 e. The van der Waals surface area contributed by atoms with Crippen molar-refractivity contribution in [3.05, 3.63) is 24.3 Å². The largest absolute Gasteiger partial charge is 0.378 e. The molecular weight excluding hydrogens is 348 g/mol. The van der Waals surface area contributed by atoms with Crippen molar-refractivity contribution in [1.29, 1.82) is 0 Å². The van der Waals surface area contributed by atoms with Gasteiger partial charge in [0.15, 0.2) is 9.84 Å². The van der Waals surface area contributed by atoms with Crippen molar-refractivity contribution in [2.45, 2.75) is 29.9 Å². The molecule has 0 radical (unpaired) electrons. The van der Waals surface area contributed by atoms with E-state index in [0.717, 1.165) is 18.4 Å². The van der Waals surface area contributed by atoms with Crippen LogP contribution in [0, 0.1) is 5.92 Å². The molecule has 1 aromatic carbocycles. The summed E-state index contributed by atoms with van der Waals surface area (Å²) in [6.45, 7) is 2.31. The molecule has 0 aromatic heterocycles. The Morgan fingerprint density at radius 2 is 1.67 bits per heavy atom. The summed E-state index contributed by atoms with van der Waals surface area (Å²) >= 11 is 0. The predicted octanol–water partition coefficient (Wildman–Crippen LogP) is 1.59. The fourth-order valence-electron chi connectivity index (χ4n) is 3.18. The molecule has 2 atom stereocenters. The lowest BCUT2D eigenvalue weighted by molar-refractivity contribution is 0.447. The first-order chi connectivity index (χ1) is 11.1. The zero-order chi connectivity index (χ0) is 18.1. The Hall–Kier alpha value is -1.12. The first kappa shape index (κ1) is 19.2. The van der Waals surface area contributed by atoms with E-state index in [1.54, 1.807) is 24.3 Å². The van der Waals surface area contributed by atoms with Gasteiger partial charge in [0.2, 0.25) is 10.0 Å². The normalized spacial score (nSPS) is 22.7. The summed E-state index contributed by atoms with van der Waals surface area (Å²) in [5.74, 6) is -0.164. The van der Waals surface area contributed by atoms with Crippen LogP contribution in [-0.2, 0) is 19.9 Å². The van der Waals surface area contributed by atoms with E-state index >= 15 is 0 Å². The minimum absolute atomic E-state index is 0.0429. The van der Waals surface area contributed by atoms with Crippen LogP contribution in [0.1, 0.15) is 19.8 Å². The molecule has 1 aromatic rings. The monoisotopic (exact) mass is 374 g/mol. The summed E-state index contributed by atoms with van der Waals surface area (Å²) in [5.41, 5.74) is 0.920. The first-order valence-electron chi connectivity index (χ1n) is 8.03. The standard InChI is InChI=1S/C16H26N2O4S2/c1-5-6-13-11-18(23(4,19)20)12-16(13)24(21,22)15-9-7-14(8-10-15)17(2)3/h7-10,13,16H,5-6,11-12H2,1-4H3/t13-,16?/m1/s1. The molecule has 1 aliphatic heterocycles. The molecule has 1 heterocycles. The molecule has 0 aliphatic carbocycles. The van der Waals surface area contributed by atoms with Gasteiger partial charge >= 0.3 is 0 Å². The molecule has 1 aliphatic rings. The van der Waals surface area contributed by atoms with Crippen molar-refractivity contribution >= 4 is 25.5 Å². The minimum atomic E-state index is -3.57. The topological polar surface area (TPSA) is 74.8 Å². The van der Waals surface area contributed by atoms with E-state index in [9.17, 15) is 16.8 Å². The van der Waals surface area contributed by atoms with E-state index in [0.29, 0.717) is 6.42 Å². The Bertz CT molecular complexity index is 771. The molecule has 0 spiro atoms. The van der Waals surface area contributed by atoms with Crippen molar-refractivity contribution in [1.82, 2.24) is 4.31 Å². The van der Waals surface area contributed by atoms with E-state index in [4.69, 9.17) is 0 Å². The number of nitrogens with zero attached hydrogens (tertiary/aromatic N) is 2. The Morgan fingerprint density at radius 3 is 2.12 bits per heavy atom. The summed E-state index contributed by atoms with van der Waals surface area (Å²) in [6.07, 6.45) is 2.66. The van der Waals surface area contributed by atoms with Crippen molar-refractivity contribution in [3.8, 4) is 0 Å². The third kappa shape index (κ3) is 3.92. The molecule has 0 saturated carbocycles. The molecule has 6 nitrogen and oxygen atoms in total. The van der Waals surface area contributed by atoms with Gasteiger partial charge in [-0.1, -0.05) is 13.3 Å². The smallest absolute Gasteiger partial charge is 0.211 e. The quantitative estimate of drug-likeness (QED) is 0.756. The fourth-order valence-corrected chi connectivity index (χ4v) is 6.14. The number of sulfonamides is 1. The van der Waals surface area contributed by atoms with E-state index in [1.165, 1.54) is 4.31 Å². The summed E-state index contributed by atoms with van der Waals surface area (Å²) in [4.78, 5) is 2.16. The number of hydrogen-bond donors (Lipinski definition) is 0. The van der Waals surface area contributed by atoms with Crippen LogP contribution in [0.25, 0.3) is 0 Å². The summed E-state index contributed by atoms with van der Waals surface area (Å²) < 4.78 is 51.0. The second-order valence-electron chi connectivity index (χ2n) is 6.60. The zero-order valence-corrected chi connectivity index (χ0v) is 16.3. The number of hydrogen-bond acceptors (Lipinski definition) is 5. The molecule has 1 fully saturated rings. The van der Waals surface area contributed by atoms with E-state index in [1.807, 2.05) is 25.9 Å². The van der Waals surface area contributed by atoms with Crippen molar-refractivity contribution in [2.75, 3.05) is 38.3 Å². The highest BCUT2D eigenvalue weighted by molar-refractivity contribution is 7.92. The Morgan fingerprint density at radius 1 is 1.08 bits per heavy atom. The second-order valence-corrected chi connectivity index (χ2v) is 10.7. The Balaban J connectivity index is 2.35. The maximum atomic E-state index is 13.0. The number of sulfone groups is 1. The van der Waals surface area contributed by atoms with Crippen LogP contribution < -0.4 is 4.90 Å². The lowest BCUT2D eigenvalue weighted by Crippen LogP contribution is -2.32. The molecule has 8 heteroatoms. The van der Waals surface area contributed by atoms with Crippen LogP contribution in [0.15, 0.2) is 29.2 Å². The highest BCUT2D eigenvalue weighted by Crippen LogP contribution is 2.32. The predicted molar refractivity (Wildman–Crippen MR) is 96.6 cm³/mol. The number of rotatable bonds is 6. The molecule has 1 saturated heterocycles. The number of benzene rings is 1. The lowest BCUT2D eigenvalue weighted by Gasteiger charge is -2.19. The average molecular weight is 375 g/mol. The first-order valence-corrected chi connectivity index (χ1v) is 11.4. The highest BCUT2D eigenvalue weighted by Gasteiger charge is 2.44. The molecule has 0 N–H and O–H groups in total. The van der Waals surface area contributed by atoms with E-state index in [-0.39, 0.29) is 23.9 Å². The van der Waals surface area contributed by atoms with Gasteiger partial charge < -0.3 is 4.90 Å². The van der Waals surface area contributed by atoms with Gasteiger partial charge in [0.05, 0.1) is 16.4 Å². The van der Waals surface area contributed by atoms with Crippen LogP contribution in [0.3, 0.4) is 0 Å². The van der Waals surface area contributed by atoms with E-state index in [2.05, 4.69) is 0 Å². The van der Waals surface area contributed by atoms with Gasteiger partial charge in [0.1, 0.15) is 0 Å². The average Bonchev–Trinajstić information content (AvgIpc) is 2.92. The van der Waals surface area contributed by atoms with Crippen LogP contribution in [-0.4, -0.2) is 59.8 Å². The van der Waals surface area contributed by atoms with Crippen molar-refractivity contribution < 1.29 is 16.8 Å². The van der Waals surface area contributed by atoms with Gasteiger partial charge in [0.25, 0.3) is 0 Å². The van der Waals surface area contributed by atoms with Gasteiger partial charge in [-0.15, -0.1) is 0 Å². The Kier molecular flexibility index (Phi) is 5.61. The molecule has 2 rings (SSSR count). The molecular formula is C16H26N2O4S2. The maximum absolute atomic E-state index is 13.0. The third-order valence-corrected chi connectivity index (χ3v) is 8.05. The van der Waals surface area contributed by atoms with Gasteiger partial charge in [-0.2, -0.15) is 0 Å². The highest BCUT2D eigenvalue weighted by atomic mass is 32.2. The molecule has 24 heavy (non-hydrogen) atoms. The fraction of sp³-hybridized carbons (Fsp3) is 0.625. The van der Waals surface area contributed by atoms with Crippen LogP contribution in [0.5, 0.6) is 0 Å². The summed E-state index contributed by atoms with van der Waals surface area (Å²) in [5, 5.41) is -0.683. The van der Waals surface area contributed by atoms with Crippen LogP contribution in [0.4, 0.5) is 5.69 Å². The third-order valence-electron chi connectivity index (χ3n) is 4.56. The van der Waals surface area contributed by atoms with Gasteiger partial charge in [-0.25, -0.2) is 21.1 Å². The Labute approximate surface area is 145 Å². The molecule has 0 amide bonds. The van der Waals surface area contributed by atoms with Crippen molar-refractivity contribution in [2.24, 2.45) is 5.92 Å². The van der Waals surface area contributed by atoms with E-state index < -0.39 is 25.1 Å². The zero-order valence-electron chi connectivity index (χ0n) is 14.6. The van der Waals surface area contributed by atoms with Crippen LogP contribution in [0.2, 0.25) is 0 Å². The molecule has 0 bridgehead atoms. The molecule has 136 valence electrons. The summed E-state index contributed by atoms with van der Waals surface area (Å²) in [7, 11) is -3.17. The summed E-state index contributed by atoms with van der Waals surface area (Å²) in [6, 6.07) is 6.75. The lowest BCUT2D eigenvalue weighted by atomic mass is 10.0. The van der Waals surface area contributed by atoms with Gasteiger partial charge in [-0.3, -0.25) is 0 Å². The minimum Gasteiger partial charge on any atom is -0.378 e. The SMILES string of the molecule is CCC[C@@H]1CN(S(C)(=O)=O)CC1S(=O)(=O)c1ccc(N(C)C)cc1. The van der Waals surface area contributed by atoms with Gasteiger partial charge in [-0.05, 0) is 36.6 Å².